The summed E-state index contributed by atoms with van der Waals surface area (Å²) in [6.07, 6.45) is 0. The fourth-order valence-corrected chi connectivity index (χ4v) is 3.58. The lowest BCUT2D eigenvalue weighted by Gasteiger charge is -2.14. The van der Waals surface area contributed by atoms with Crippen molar-refractivity contribution in [2.24, 2.45) is 0 Å². The summed E-state index contributed by atoms with van der Waals surface area (Å²) in [5, 5.41) is 20.1. The molecule has 0 radical (unpaired) electrons. The molecule has 2 aromatic carbocycles. The van der Waals surface area contributed by atoms with Gasteiger partial charge in [-0.15, -0.1) is 0 Å². The molecule has 0 amide bonds. The molecule has 0 heterocycles. The predicted octanol–water partition coefficient (Wildman–Crippen LogP) is 5.95. The van der Waals surface area contributed by atoms with Crippen LogP contribution in [0.1, 0.15) is 0 Å². The minimum atomic E-state index is -0.113. The maximum atomic E-state index is 10.1. The molecule has 0 spiro atoms. The SMILES string of the molecule is COc1cc(Oc2cc(Br)cc(Br)c2O)c(O)c(Br)c1Br. The third-order valence-electron chi connectivity index (χ3n) is 2.55. The number of methoxy groups -OCH3 is 1. The smallest absolute Gasteiger partial charge is 0.174 e. The molecule has 0 aromatic heterocycles. The average Bonchev–Trinajstić information content (AvgIpc) is 2.44. The standard InChI is InChI=1S/C13H8Br4O4/c1-20-7-4-9(13(19)11(17)10(7)16)21-8-3-5(14)2-6(15)12(8)18/h2-4,18-19H,1H3. The van der Waals surface area contributed by atoms with Crippen molar-refractivity contribution in [3.63, 3.8) is 0 Å². The zero-order chi connectivity index (χ0) is 15.7. The molecule has 0 bridgehead atoms. The second-order valence-electron chi connectivity index (χ2n) is 3.89. The molecule has 0 atom stereocenters. The molecule has 112 valence electrons. The van der Waals surface area contributed by atoms with E-state index in [4.69, 9.17) is 9.47 Å². The summed E-state index contributed by atoms with van der Waals surface area (Å²) in [5.41, 5.74) is 0. The number of halogens is 4. The second-order valence-corrected chi connectivity index (χ2v) is 7.25. The number of benzene rings is 2. The molecule has 2 N–H and O–H groups in total. The zero-order valence-electron chi connectivity index (χ0n) is 10.5. The van der Waals surface area contributed by atoms with Gasteiger partial charge < -0.3 is 19.7 Å². The van der Waals surface area contributed by atoms with Gasteiger partial charge in [0.2, 0.25) is 0 Å². The highest BCUT2D eigenvalue weighted by Gasteiger charge is 2.18. The lowest BCUT2D eigenvalue weighted by molar-refractivity contribution is 0.372. The Morgan fingerprint density at radius 3 is 2.05 bits per heavy atom. The Hall–Kier alpha value is -0.440. The van der Waals surface area contributed by atoms with Gasteiger partial charge in [0.25, 0.3) is 0 Å². The van der Waals surface area contributed by atoms with Crippen molar-refractivity contribution < 1.29 is 19.7 Å². The normalized spacial score (nSPS) is 10.5. The van der Waals surface area contributed by atoms with Crippen molar-refractivity contribution in [1.82, 2.24) is 0 Å². The summed E-state index contributed by atoms with van der Waals surface area (Å²) in [7, 11) is 1.50. The van der Waals surface area contributed by atoms with Gasteiger partial charge in [0, 0.05) is 10.5 Å². The van der Waals surface area contributed by atoms with Crippen LogP contribution in [0.15, 0.2) is 36.1 Å². The number of hydrogen-bond acceptors (Lipinski definition) is 4. The Morgan fingerprint density at radius 2 is 1.43 bits per heavy atom. The monoisotopic (exact) mass is 544 g/mol. The molecule has 2 rings (SSSR count). The van der Waals surface area contributed by atoms with Crippen LogP contribution in [-0.2, 0) is 0 Å². The van der Waals surface area contributed by atoms with E-state index in [1.165, 1.54) is 13.2 Å². The van der Waals surface area contributed by atoms with Gasteiger partial charge in [-0.1, -0.05) is 15.9 Å². The number of hydrogen-bond donors (Lipinski definition) is 2. The third-order valence-corrected chi connectivity index (χ3v) is 5.70. The largest absolute Gasteiger partial charge is 0.503 e. The van der Waals surface area contributed by atoms with Crippen LogP contribution >= 0.6 is 63.7 Å². The predicted molar refractivity (Wildman–Crippen MR) is 93.6 cm³/mol. The van der Waals surface area contributed by atoms with Crippen molar-refractivity contribution in [1.29, 1.82) is 0 Å². The van der Waals surface area contributed by atoms with E-state index in [1.807, 2.05) is 0 Å². The van der Waals surface area contributed by atoms with Crippen molar-refractivity contribution in [3.05, 3.63) is 36.1 Å². The molecule has 2 aromatic rings. The van der Waals surface area contributed by atoms with Crippen molar-refractivity contribution in [3.8, 4) is 28.7 Å². The maximum Gasteiger partial charge on any atom is 0.174 e. The first kappa shape index (κ1) is 16.9. The lowest BCUT2D eigenvalue weighted by atomic mass is 10.3. The highest BCUT2D eigenvalue weighted by atomic mass is 79.9. The van der Waals surface area contributed by atoms with Crippen LogP contribution in [0.5, 0.6) is 28.7 Å². The van der Waals surface area contributed by atoms with Gasteiger partial charge in [0.1, 0.15) is 5.75 Å². The summed E-state index contributed by atoms with van der Waals surface area (Å²) < 4.78 is 12.9. The van der Waals surface area contributed by atoms with Crippen molar-refractivity contribution in [2.45, 2.75) is 0 Å². The molecule has 0 unspecified atom stereocenters. The summed E-state index contributed by atoms with van der Waals surface area (Å²) in [5.74, 6) is 0.613. The van der Waals surface area contributed by atoms with Gasteiger partial charge in [-0.25, -0.2) is 0 Å². The molecule has 21 heavy (non-hydrogen) atoms. The highest BCUT2D eigenvalue weighted by Crippen LogP contribution is 2.48. The van der Waals surface area contributed by atoms with Gasteiger partial charge in [0.05, 0.1) is 20.5 Å². The van der Waals surface area contributed by atoms with Crippen LogP contribution < -0.4 is 9.47 Å². The summed E-state index contributed by atoms with van der Waals surface area (Å²) in [6.45, 7) is 0. The lowest BCUT2D eigenvalue weighted by Crippen LogP contribution is -1.91. The van der Waals surface area contributed by atoms with Gasteiger partial charge in [-0.2, -0.15) is 0 Å². The second kappa shape index (κ2) is 6.76. The molecule has 0 aliphatic carbocycles. The van der Waals surface area contributed by atoms with Crippen LogP contribution in [-0.4, -0.2) is 17.3 Å². The summed E-state index contributed by atoms with van der Waals surface area (Å²) >= 11 is 13.1. The topological polar surface area (TPSA) is 58.9 Å². The Morgan fingerprint density at radius 1 is 0.810 bits per heavy atom. The Kier molecular flexibility index (Phi) is 5.45. The first-order valence-corrected chi connectivity index (χ1v) is 8.63. The molecular formula is C13H8Br4O4. The number of ether oxygens (including phenoxy) is 2. The minimum Gasteiger partial charge on any atom is -0.503 e. The Bertz CT molecular complexity index is 703. The van der Waals surface area contributed by atoms with Crippen molar-refractivity contribution in [2.75, 3.05) is 7.11 Å². The Labute approximate surface area is 154 Å². The first-order chi connectivity index (χ1) is 9.85. The number of phenols is 2. The van der Waals surface area contributed by atoms with Gasteiger partial charge in [-0.3, -0.25) is 0 Å². The quantitative estimate of drug-likeness (QED) is 0.499. The average molecular weight is 548 g/mol. The molecule has 0 fully saturated rings. The minimum absolute atomic E-state index is 0.0735. The molecule has 0 aliphatic heterocycles. The maximum absolute atomic E-state index is 10.1. The van der Waals surface area contributed by atoms with Crippen LogP contribution in [0.2, 0.25) is 0 Å². The van der Waals surface area contributed by atoms with E-state index in [1.54, 1.807) is 12.1 Å². The van der Waals surface area contributed by atoms with Gasteiger partial charge >= 0.3 is 0 Å². The van der Waals surface area contributed by atoms with E-state index < -0.39 is 0 Å². The summed E-state index contributed by atoms with van der Waals surface area (Å²) in [6, 6.07) is 4.78. The Balaban J connectivity index is 2.52. The number of rotatable bonds is 3. The fraction of sp³-hybridized carbons (Fsp3) is 0.0769. The fourth-order valence-electron chi connectivity index (χ4n) is 1.54. The van der Waals surface area contributed by atoms with E-state index in [0.29, 0.717) is 23.6 Å². The van der Waals surface area contributed by atoms with Crippen LogP contribution in [0, 0.1) is 0 Å². The summed E-state index contributed by atoms with van der Waals surface area (Å²) in [4.78, 5) is 0. The van der Waals surface area contributed by atoms with Crippen LogP contribution in [0.25, 0.3) is 0 Å². The van der Waals surface area contributed by atoms with E-state index >= 15 is 0 Å². The zero-order valence-corrected chi connectivity index (χ0v) is 16.8. The molecule has 4 nitrogen and oxygen atoms in total. The molecule has 8 heteroatoms. The van der Waals surface area contributed by atoms with E-state index in [2.05, 4.69) is 63.7 Å². The van der Waals surface area contributed by atoms with Crippen LogP contribution in [0.4, 0.5) is 0 Å². The molecule has 0 aliphatic rings. The van der Waals surface area contributed by atoms with Gasteiger partial charge in [-0.05, 0) is 59.9 Å². The third kappa shape index (κ3) is 3.49. The van der Waals surface area contributed by atoms with Gasteiger partial charge in [0.15, 0.2) is 23.0 Å². The number of aromatic hydroxyl groups is 2. The van der Waals surface area contributed by atoms with E-state index in [9.17, 15) is 10.2 Å². The van der Waals surface area contributed by atoms with Crippen molar-refractivity contribution >= 4 is 63.7 Å². The number of phenolic OH excluding ortho intramolecular Hbond substituents is 2. The first-order valence-electron chi connectivity index (χ1n) is 5.46. The van der Waals surface area contributed by atoms with E-state index in [0.717, 1.165) is 0 Å². The van der Waals surface area contributed by atoms with Crippen LogP contribution in [0.3, 0.4) is 0 Å². The molecule has 0 saturated heterocycles. The van der Waals surface area contributed by atoms with E-state index in [-0.39, 0.29) is 23.0 Å². The highest BCUT2D eigenvalue weighted by molar-refractivity contribution is 9.13. The molecule has 0 saturated carbocycles. The molecular weight excluding hydrogens is 540 g/mol.